The first-order valence-corrected chi connectivity index (χ1v) is 6.92. The molecule has 0 saturated heterocycles. The Labute approximate surface area is 119 Å². The Morgan fingerprint density at radius 3 is 2.35 bits per heavy atom. The molecule has 0 spiro atoms. The van der Waals surface area contributed by atoms with Gasteiger partial charge in [-0.25, -0.2) is 9.78 Å². The topological polar surface area (TPSA) is 79.3 Å². The summed E-state index contributed by atoms with van der Waals surface area (Å²) in [6.45, 7) is 7.76. The predicted molar refractivity (Wildman–Crippen MR) is 76.9 cm³/mol. The number of amides is 1. The van der Waals surface area contributed by atoms with E-state index < -0.39 is 5.97 Å². The molecule has 5 nitrogen and oxygen atoms in total. The van der Waals surface area contributed by atoms with Crippen LogP contribution in [0.15, 0.2) is 12.1 Å². The van der Waals surface area contributed by atoms with E-state index in [1.165, 1.54) is 12.1 Å². The highest BCUT2D eigenvalue weighted by Gasteiger charge is 2.18. The molecule has 1 aromatic rings. The first-order valence-electron chi connectivity index (χ1n) is 6.92. The number of carbonyl (C=O) groups excluding carboxylic acids is 1. The fourth-order valence-electron chi connectivity index (χ4n) is 2.31. The average molecular weight is 278 g/mol. The van der Waals surface area contributed by atoms with Crippen molar-refractivity contribution in [3.63, 3.8) is 0 Å². The summed E-state index contributed by atoms with van der Waals surface area (Å²) in [5.74, 6) is -0.866. The van der Waals surface area contributed by atoms with E-state index in [0.29, 0.717) is 11.6 Å². The van der Waals surface area contributed by atoms with Gasteiger partial charge < -0.3 is 10.4 Å². The fraction of sp³-hybridized carbons (Fsp3) is 0.533. The molecule has 1 aromatic heterocycles. The van der Waals surface area contributed by atoms with Crippen molar-refractivity contribution in [3.05, 3.63) is 29.1 Å². The van der Waals surface area contributed by atoms with Gasteiger partial charge in [-0.15, -0.1) is 0 Å². The monoisotopic (exact) mass is 278 g/mol. The molecule has 0 aliphatic heterocycles. The number of nitrogens with zero attached hydrogens (tertiary/aromatic N) is 1. The maximum Gasteiger partial charge on any atom is 0.337 e. The lowest BCUT2D eigenvalue weighted by Gasteiger charge is -2.22. The van der Waals surface area contributed by atoms with E-state index in [1.807, 2.05) is 6.92 Å². The van der Waals surface area contributed by atoms with E-state index in [-0.39, 0.29) is 23.2 Å². The van der Waals surface area contributed by atoms with Gasteiger partial charge in [0.05, 0.1) is 11.3 Å². The molecule has 1 heterocycles. The van der Waals surface area contributed by atoms with Crippen LogP contribution in [0.3, 0.4) is 0 Å². The summed E-state index contributed by atoms with van der Waals surface area (Å²) in [5.41, 5.74) is 0.722. The summed E-state index contributed by atoms with van der Waals surface area (Å²) in [4.78, 5) is 27.1. The quantitative estimate of drug-likeness (QED) is 0.838. The maximum absolute atomic E-state index is 12.1. The number of nitrogens with one attached hydrogen (secondary N) is 1. The van der Waals surface area contributed by atoms with Gasteiger partial charge in [0.15, 0.2) is 0 Å². The molecule has 0 aliphatic carbocycles. The van der Waals surface area contributed by atoms with Crippen LogP contribution >= 0.6 is 0 Å². The molecule has 0 fully saturated rings. The van der Waals surface area contributed by atoms with Gasteiger partial charge in [0.1, 0.15) is 5.69 Å². The zero-order valence-corrected chi connectivity index (χ0v) is 12.4. The number of aromatic carboxylic acids is 1. The van der Waals surface area contributed by atoms with Crippen molar-refractivity contribution in [1.82, 2.24) is 10.3 Å². The standard InChI is InChI=1S/C15H22N2O3/c1-5-11(6-2)9(3)17-14(18)13-8-7-12(15(19)20)10(4)16-13/h7-9,11H,5-6H2,1-4H3,(H,17,18)(H,19,20). The van der Waals surface area contributed by atoms with E-state index in [0.717, 1.165) is 12.8 Å². The third-order valence-corrected chi connectivity index (χ3v) is 3.66. The second kappa shape index (κ2) is 7.03. The molecule has 110 valence electrons. The number of aryl methyl sites for hydroxylation is 1. The maximum atomic E-state index is 12.1. The SMILES string of the molecule is CCC(CC)C(C)NC(=O)c1ccc(C(=O)O)c(C)n1. The number of hydrogen-bond donors (Lipinski definition) is 2. The lowest BCUT2D eigenvalue weighted by atomic mass is 9.95. The number of aromatic nitrogens is 1. The summed E-state index contributed by atoms with van der Waals surface area (Å²) >= 11 is 0. The predicted octanol–water partition coefficient (Wildman–Crippen LogP) is 2.64. The minimum absolute atomic E-state index is 0.0683. The second-order valence-corrected chi connectivity index (χ2v) is 4.97. The second-order valence-electron chi connectivity index (χ2n) is 4.97. The third-order valence-electron chi connectivity index (χ3n) is 3.66. The first-order chi connectivity index (χ1) is 9.40. The van der Waals surface area contributed by atoms with E-state index in [2.05, 4.69) is 24.1 Å². The molecular formula is C15H22N2O3. The lowest BCUT2D eigenvalue weighted by molar-refractivity contribution is 0.0694. The van der Waals surface area contributed by atoms with Crippen molar-refractivity contribution < 1.29 is 14.7 Å². The van der Waals surface area contributed by atoms with E-state index in [9.17, 15) is 9.59 Å². The van der Waals surface area contributed by atoms with E-state index >= 15 is 0 Å². The smallest absolute Gasteiger partial charge is 0.337 e. The highest BCUT2D eigenvalue weighted by molar-refractivity contribution is 5.94. The summed E-state index contributed by atoms with van der Waals surface area (Å²) in [6, 6.07) is 2.94. The van der Waals surface area contributed by atoms with Crippen LogP contribution in [0.4, 0.5) is 0 Å². The molecule has 2 N–H and O–H groups in total. The van der Waals surface area contributed by atoms with Crippen LogP contribution < -0.4 is 5.32 Å². The van der Waals surface area contributed by atoms with E-state index in [1.54, 1.807) is 6.92 Å². The van der Waals surface area contributed by atoms with Crippen LogP contribution in [-0.4, -0.2) is 28.0 Å². The zero-order chi connectivity index (χ0) is 15.3. The van der Waals surface area contributed by atoms with Crippen molar-refractivity contribution in [1.29, 1.82) is 0 Å². The summed E-state index contributed by atoms with van der Waals surface area (Å²) in [7, 11) is 0. The minimum atomic E-state index is -1.03. The number of carbonyl (C=O) groups is 2. The molecule has 5 heteroatoms. The van der Waals surface area contributed by atoms with Crippen molar-refractivity contribution in [3.8, 4) is 0 Å². The van der Waals surface area contributed by atoms with Crippen LogP contribution in [-0.2, 0) is 0 Å². The Hall–Kier alpha value is -1.91. The van der Waals surface area contributed by atoms with Crippen LogP contribution in [0.25, 0.3) is 0 Å². The highest BCUT2D eigenvalue weighted by atomic mass is 16.4. The Morgan fingerprint density at radius 1 is 1.30 bits per heavy atom. The summed E-state index contributed by atoms with van der Waals surface area (Å²) in [5, 5.41) is 11.9. The molecule has 1 unspecified atom stereocenters. The molecule has 1 rings (SSSR count). The van der Waals surface area contributed by atoms with E-state index in [4.69, 9.17) is 5.11 Å². The summed E-state index contributed by atoms with van der Waals surface area (Å²) < 4.78 is 0. The van der Waals surface area contributed by atoms with Gasteiger partial charge in [-0.05, 0) is 31.9 Å². The van der Waals surface area contributed by atoms with Gasteiger partial charge in [0.2, 0.25) is 0 Å². The van der Waals surface area contributed by atoms with Crippen molar-refractivity contribution in [2.45, 2.75) is 46.6 Å². The molecule has 0 radical (unpaired) electrons. The molecule has 20 heavy (non-hydrogen) atoms. The average Bonchev–Trinajstić information content (AvgIpc) is 2.39. The Balaban J connectivity index is 2.83. The summed E-state index contributed by atoms with van der Waals surface area (Å²) in [6.07, 6.45) is 2.00. The minimum Gasteiger partial charge on any atom is -0.478 e. The Morgan fingerprint density at radius 2 is 1.90 bits per heavy atom. The molecular weight excluding hydrogens is 256 g/mol. The molecule has 0 saturated carbocycles. The van der Waals surface area contributed by atoms with Gasteiger partial charge in [-0.1, -0.05) is 26.7 Å². The molecule has 0 aliphatic rings. The van der Waals surface area contributed by atoms with Gasteiger partial charge >= 0.3 is 5.97 Å². The normalized spacial score (nSPS) is 12.2. The van der Waals surface area contributed by atoms with Crippen LogP contribution in [0, 0.1) is 12.8 Å². The fourth-order valence-corrected chi connectivity index (χ4v) is 2.31. The number of carboxylic acids is 1. The lowest BCUT2D eigenvalue weighted by Crippen LogP contribution is -2.38. The van der Waals surface area contributed by atoms with Gasteiger partial charge in [-0.2, -0.15) is 0 Å². The number of carboxylic acid groups (broad SMARTS) is 1. The van der Waals surface area contributed by atoms with Crippen LogP contribution in [0.5, 0.6) is 0 Å². The Bertz CT molecular complexity index is 496. The van der Waals surface area contributed by atoms with Gasteiger partial charge in [0.25, 0.3) is 5.91 Å². The van der Waals surface area contributed by atoms with Crippen molar-refractivity contribution in [2.75, 3.05) is 0 Å². The van der Waals surface area contributed by atoms with Gasteiger partial charge in [0, 0.05) is 6.04 Å². The molecule has 1 atom stereocenters. The number of rotatable bonds is 6. The highest BCUT2D eigenvalue weighted by Crippen LogP contribution is 2.13. The largest absolute Gasteiger partial charge is 0.478 e. The zero-order valence-electron chi connectivity index (χ0n) is 12.4. The number of pyridine rings is 1. The Kier molecular flexibility index (Phi) is 5.67. The number of hydrogen-bond acceptors (Lipinski definition) is 3. The first kappa shape index (κ1) is 16.1. The van der Waals surface area contributed by atoms with Gasteiger partial charge in [-0.3, -0.25) is 4.79 Å². The van der Waals surface area contributed by atoms with Crippen molar-refractivity contribution >= 4 is 11.9 Å². The molecule has 0 bridgehead atoms. The van der Waals surface area contributed by atoms with Crippen molar-refractivity contribution in [2.24, 2.45) is 5.92 Å². The molecule has 1 amide bonds. The third kappa shape index (κ3) is 3.79. The van der Waals surface area contributed by atoms with Crippen LogP contribution in [0.1, 0.15) is 60.2 Å². The van der Waals surface area contributed by atoms with Crippen LogP contribution in [0.2, 0.25) is 0 Å². The molecule has 0 aromatic carbocycles.